The Kier molecular flexibility index (Phi) is 5.81. The Morgan fingerprint density at radius 1 is 1.28 bits per heavy atom. The predicted molar refractivity (Wildman–Crippen MR) is 139 cm³/mol. The highest BCUT2D eigenvalue weighted by atomic mass is 127. The molecule has 0 atom stereocenters. The number of aromatic nitrogens is 2. The van der Waals surface area contributed by atoms with Crippen LogP contribution >= 0.6 is 35.5 Å². The molecule has 5 rings (SSSR count). The summed E-state index contributed by atoms with van der Waals surface area (Å²) in [6.07, 6.45) is 6.26. The third-order valence-corrected chi connectivity index (χ3v) is 7.31. The van der Waals surface area contributed by atoms with Crippen LogP contribution in [0.15, 0.2) is 47.5 Å². The Morgan fingerprint density at radius 2 is 2.12 bits per heavy atom. The molecule has 2 aliphatic rings. The van der Waals surface area contributed by atoms with Gasteiger partial charge >= 0.3 is 0 Å². The quantitative estimate of drug-likeness (QED) is 0.170. The lowest BCUT2D eigenvalue weighted by Gasteiger charge is -2.29. The number of carbonyl (C=O) groups is 1. The Morgan fingerprint density at radius 3 is 2.78 bits per heavy atom. The minimum absolute atomic E-state index is 0.0472. The number of nitrogens with zero attached hydrogens (tertiary/aromatic N) is 2. The van der Waals surface area contributed by atoms with Crippen molar-refractivity contribution in [3.8, 4) is 0 Å². The van der Waals surface area contributed by atoms with E-state index < -0.39 is 5.41 Å². The zero-order valence-corrected chi connectivity index (χ0v) is 20.4. The number of amides is 1. The van der Waals surface area contributed by atoms with Crippen molar-refractivity contribution in [2.75, 3.05) is 28.5 Å². The smallest absolute Gasteiger partial charge is 0.231 e. The summed E-state index contributed by atoms with van der Waals surface area (Å²) in [7, 11) is 0. The highest BCUT2D eigenvalue weighted by Gasteiger charge is 2.51. The van der Waals surface area contributed by atoms with Crippen molar-refractivity contribution in [1.29, 1.82) is 0 Å². The third kappa shape index (κ3) is 3.97. The maximum absolute atomic E-state index is 12.7. The number of rotatable bonds is 6. The van der Waals surface area contributed by atoms with Crippen LogP contribution in [0.25, 0.3) is 16.6 Å². The first kappa shape index (κ1) is 21.6. The molecule has 2 aromatic heterocycles. The normalized spacial score (nSPS) is 17.2. The lowest BCUT2D eigenvalue weighted by atomic mass is 10.0. The summed E-state index contributed by atoms with van der Waals surface area (Å²) in [5, 5.41) is 14.0. The molecule has 3 heterocycles. The fourth-order valence-corrected chi connectivity index (χ4v) is 5.13. The van der Waals surface area contributed by atoms with Gasteiger partial charge < -0.3 is 23.8 Å². The molecular formula is C23H24IN5O2S. The van der Waals surface area contributed by atoms with Gasteiger partial charge in [0.25, 0.3) is 0 Å². The van der Waals surface area contributed by atoms with Gasteiger partial charge in [0, 0.05) is 40.9 Å². The largest absolute Gasteiger partial charge is 0.395 e. The standard InChI is InChI=1S/C23H24IN5O2S/c24-28-18-2-1-15(11-20(18)32)26-17-3-8-25-21-16(17)12-19(27-21)14-4-9-29(10-5-14)22(31)23(13-30)6-7-23/h1-4,8,11-12,28,30,32H,5-7,9-10,13H2,(H2,25,26,27). The van der Waals surface area contributed by atoms with Crippen LogP contribution < -0.4 is 8.85 Å². The first-order chi connectivity index (χ1) is 15.5. The van der Waals surface area contributed by atoms with Gasteiger partial charge in [0.15, 0.2) is 0 Å². The molecule has 1 aliphatic heterocycles. The maximum atomic E-state index is 12.7. The second kappa shape index (κ2) is 8.60. The maximum Gasteiger partial charge on any atom is 0.231 e. The van der Waals surface area contributed by atoms with Gasteiger partial charge in [0.05, 0.1) is 46.3 Å². The van der Waals surface area contributed by atoms with E-state index in [2.05, 4.69) is 66.5 Å². The lowest BCUT2D eigenvalue weighted by Crippen LogP contribution is -2.41. The number of benzene rings is 1. The minimum Gasteiger partial charge on any atom is -0.395 e. The first-order valence-electron chi connectivity index (χ1n) is 10.6. The van der Waals surface area contributed by atoms with Crippen molar-refractivity contribution < 1.29 is 9.90 Å². The van der Waals surface area contributed by atoms with Crippen LogP contribution in [0.4, 0.5) is 17.1 Å². The summed E-state index contributed by atoms with van der Waals surface area (Å²) >= 11 is 6.63. The first-order valence-corrected chi connectivity index (χ1v) is 12.1. The van der Waals surface area contributed by atoms with Gasteiger partial charge in [-0.15, -0.1) is 12.6 Å². The topological polar surface area (TPSA) is 93.3 Å². The molecule has 166 valence electrons. The number of nitrogens with one attached hydrogen (secondary N) is 3. The van der Waals surface area contributed by atoms with Gasteiger partial charge in [-0.25, -0.2) is 4.98 Å². The number of halogens is 1. The molecule has 1 saturated carbocycles. The molecule has 1 fully saturated rings. The van der Waals surface area contributed by atoms with E-state index in [-0.39, 0.29) is 12.5 Å². The highest BCUT2D eigenvalue weighted by Crippen LogP contribution is 2.47. The number of aromatic amines is 1. The fourth-order valence-electron chi connectivity index (χ4n) is 4.18. The lowest BCUT2D eigenvalue weighted by molar-refractivity contribution is -0.138. The Bertz CT molecular complexity index is 1220. The molecule has 1 amide bonds. The number of fused-ring (bicyclic) bond motifs is 1. The minimum atomic E-state index is -0.505. The SMILES string of the molecule is O=C(N1CC=C(c2cc3c(Nc4ccc(NI)c(S)c4)ccnc3[nH]2)CC1)C1(CO)CC1. The van der Waals surface area contributed by atoms with Crippen molar-refractivity contribution in [2.24, 2.45) is 5.41 Å². The number of H-pyrrole nitrogens is 1. The van der Waals surface area contributed by atoms with Gasteiger partial charge in [0.2, 0.25) is 5.91 Å². The number of anilines is 3. The molecule has 0 radical (unpaired) electrons. The number of carbonyl (C=O) groups excluding carboxylic acids is 1. The van der Waals surface area contributed by atoms with E-state index in [1.54, 1.807) is 6.20 Å². The summed E-state index contributed by atoms with van der Waals surface area (Å²) in [4.78, 5) is 23.3. The van der Waals surface area contributed by atoms with E-state index in [0.717, 1.165) is 57.9 Å². The van der Waals surface area contributed by atoms with Gasteiger partial charge in [-0.1, -0.05) is 6.08 Å². The van der Waals surface area contributed by atoms with Crippen LogP contribution in [0.3, 0.4) is 0 Å². The molecule has 0 unspecified atom stereocenters. The summed E-state index contributed by atoms with van der Waals surface area (Å²) in [6, 6.07) is 10.1. The molecule has 3 aromatic rings. The summed E-state index contributed by atoms with van der Waals surface area (Å²) in [6.45, 7) is 1.20. The number of hydrogen-bond donors (Lipinski definition) is 5. The third-order valence-electron chi connectivity index (χ3n) is 6.36. The van der Waals surface area contributed by atoms with Gasteiger partial charge in [-0.3, -0.25) is 4.79 Å². The molecule has 4 N–H and O–H groups in total. The fraction of sp³-hybridized carbons (Fsp3) is 0.304. The molecule has 0 spiro atoms. The van der Waals surface area contributed by atoms with Crippen LogP contribution in [0.2, 0.25) is 0 Å². The van der Waals surface area contributed by atoms with Crippen LogP contribution in [0, 0.1) is 5.41 Å². The van der Waals surface area contributed by atoms with Crippen LogP contribution in [-0.2, 0) is 4.79 Å². The zero-order chi connectivity index (χ0) is 22.3. The molecule has 7 nitrogen and oxygen atoms in total. The Balaban J connectivity index is 1.36. The van der Waals surface area contributed by atoms with Crippen molar-refractivity contribution in [3.63, 3.8) is 0 Å². The molecule has 0 saturated heterocycles. The van der Waals surface area contributed by atoms with Crippen LogP contribution in [0.1, 0.15) is 25.0 Å². The van der Waals surface area contributed by atoms with Gasteiger partial charge in [0.1, 0.15) is 5.65 Å². The number of pyridine rings is 1. The number of aliphatic hydroxyl groups excluding tert-OH is 1. The average Bonchev–Trinajstić information content (AvgIpc) is 3.50. The van der Waals surface area contributed by atoms with E-state index >= 15 is 0 Å². The Hall–Kier alpha value is -2.24. The van der Waals surface area contributed by atoms with E-state index in [1.165, 1.54) is 5.57 Å². The molecule has 1 aliphatic carbocycles. The summed E-state index contributed by atoms with van der Waals surface area (Å²) < 4.78 is 3.09. The predicted octanol–water partition coefficient (Wildman–Crippen LogP) is 4.75. The Labute approximate surface area is 205 Å². The summed E-state index contributed by atoms with van der Waals surface area (Å²) in [5.74, 6) is 0.0902. The average molecular weight is 561 g/mol. The number of aliphatic hydroxyl groups is 1. The van der Waals surface area contributed by atoms with Crippen molar-refractivity contribution in [3.05, 3.63) is 48.3 Å². The van der Waals surface area contributed by atoms with Gasteiger partial charge in [-0.2, -0.15) is 0 Å². The van der Waals surface area contributed by atoms with E-state index in [9.17, 15) is 9.90 Å². The second-order valence-electron chi connectivity index (χ2n) is 8.42. The molecule has 32 heavy (non-hydrogen) atoms. The van der Waals surface area contributed by atoms with E-state index in [1.807, 2.05) is 29.2 Å². The van der Waals surface area contributed by atoms with Crippen molar-refractivity contribution >= 4 is 75.1 Å². The zero-order valence-electron chi connectivity index (χ0n) is 17.4. The second-order valence-corrected chi connectivity index (χ2v) is 9.45. The molecule has 9 heteroatoms. The molecule has 1 aromatic carbocycles. The monoisotopic (exact) mass is 561 g/mol. The van der Waals surface area contributed by atoms with Gasteiger partial charge in [-0.05, 0) is 55.2 Å². The van der Waals surface area contributed by atoms with Crippen LogP contribution in [0.5, 0.6) is 0 Å². The van der Waals surface area contributed by atoms with Crippen LogP contribution in [-0.4, -0.2) is 45.6 Å². The molecular weight excluding hydrogens is 537 g/mol. The van der Waals surface area contributed by atoms with E-state index in [0.29, 0.717) is 13.1 Å². The van der Waals surface area contributed by atoms with Crippen molar-refractivity contribution in [1.82, 2.24) is 14.9 Å². The highest BCUT2D eigenvalue weighted by molar-refractivity contribution is 14.1. The summed E-state index contributed by atoms with van der Waals surface area (Å²) in [5.41, 5.74) is 5.40. The van der Waals surface area contributed by atoms with E-state index in [4.69, 9.17) is 0 Å². The number of thiol groups is 1. The van der Waals surface area contributed by atoms with Crippen molar-refractivity contribution in [2.45, 2.75) is 24.2 Å². The molecule has 0 bridgehead atoms. The number of hydrogen-bond acceptors (Lipinski definition) is 6.